The van der Waals surface area contributed by atoms with Gasteiger partial charge in [-0.05, 0) is 99.9 Å². The van der Waals surface area contributed by atoms with Crippen LogP contribution in [0.15, 0.2) is 33.0 Å². The number of allylic oxidation sites excluding steroid dienone is 2. The van der Waals surface area contributed by atoms with Gasteiger partial charge in [0.1, 0.15) is 0 Å². The average molecular weight is 611 g/mol. The first-order valence-electron chi connectivity index (χ1n) is 15.3. The summed E-state index contributed by atoms with van der Waals surface area (Å²) in [6, 6.07) is -0.152. The highest BCUT2D eigenvalue weighted by molar-refractivity contribution is 6.30. The minimum Gasteiger partial charge on any atom is -0.469 e. The maximum Gasteiger partial charge on any atom is 0.305 e. The first kappa shape index (κ1) is 30.3. The second-order valence-electron chi connectivity index (χ2n) is 12.1. The number of amides is 2. The highest BCUT2D eigenvalue weighted by Crippen LogP contribution is 2.46. The van der Waals surface area contributed by atoms with E-state index in [9.17, 15) is 19.2 Å². The van der Waals surface area contributed by atoms with Crippen molar-refractivity contribution in [3.63, 3.8) is 0 Å². The Hall–Kier alpha value is -4.73. The number of nitrogens with one attached hydrogen (secondary N) is 1. The van der Waals surface area contributed by atoms with Crippen LogP contribution >= 0.6 is 0 Å². The monoisotopic (exact) mass is 610 g/mol. The number of nitrogens with zero attached hydrogens (tertiary/aromatic N) is 3. The first-order valence-corrected chi connectivity index (χ1v) is 15.3. The van der Waals surface area contributed by atoms with Gasteiger partial charge in [-0.15, -0.1) is 0 Å². The van der Waals surface area contributed by atoms with E-state index in [4.69, 9.17) is 9.47 Å². The number of hydrogen-bond donors (Lipinski definition) is 1. The van der Waals surface area contributed by atoms with Gasteiger partial charge in [-0.3, -0.25) is 19.2 Å². The minimum absolute atomic E-state index is 0.0425. The molecule has 6 rings (SSSR count). The Balaban J connectivity index is 1.38. The topological polar surface area (TPSA) is 123 Å². The summed E-state index contributed by atoms with van der Waals surface area (Å²) in [6.07, 6.45) is 8.02. The lowest BCUT2D eigenvalue weighted by atomic mass is 9.96. The second kappa shape index (κ2) is 11.3. The number of methoxy groups -OCH3 is 2. The molecule has 10 heteroatoms. The maximum absolute atomic E-state index is 13.6. The summed E-state index contributed by atoms with van der Waals surface area (Å²) in [5.41, 5.74) is 11.2. The lowest BCUT2D eigenvalue weighted by Crippen LogP contribution is -2.32. The highest BCUT2D eigenvalue weighted by Gasteiger charge is 2.41. The molecule has 0 fully saturated rings. The molecule has 1 N–H and O–H groups in total. The summed E-state index contributed by atoms with van der Waals surface area (Å²) >= 11 is 0. The summed E-state index contributed by atoms with van der Waals surface area (Å²) < 4.78 is 11.9. The van der Waals surface area contributed by atoms with Gasteiger partial charge in [0.15, 0.2) is 0 Å². The molecule has 0 aliphatic carbocycles. The van der Waals surface area contributed by atoms with Crippen LogP contribution in [0, 0.1) is 13.8 Å². The first-order chi connectivity index (χ1) is 21.5. The number of carbonyl (C=O) groups excluding carboxylic acids is 4. The minimum atomic E-state index is -0.355. The Morgan fingerprint density at radius 3 is 2.29 bits per heavy atom. The lowest BCUT2D eigenvalue weighted by Gasteiger charge is -2.32. The number of aromatic nitrogens is 2. The normalized spacial score (nSPS) is 19.1. The van der Waals surface area contributed by atoms with Crippen LogP contribution in [0.1, 0.15) is 86.1 Å². The summed E-state index contributed by atoms with van der Waals surface area (Å²) in [5.74, 6) is -1.03. The van der Waals surface area contributed by atoms with Crippen molar-refractivity contribution in [3.05, 3.63) is 72.3 Å². The van der Waals surface area contributed by atoms with Crippen molar-refractivity contribution in [2.45, 2.75) is 79.3 Å². The Labute approximate surface area is 261 Å². The van der Waals surface area contributed by atoms with Gasteiger partial charge in [-0.2, -0.15) is 0 Å². The quantitative estimate of drug-likeness (QED) is 0.480. The summed E-state index contributed by atoms with van der Waals surface area (Å²) in [4.78, 5) is 59.4. The van der Waals surface area contributed by atoms with Crippen molar-refractivity contribution in [2.24, 2.45) is 4.99 Å². The average Bonchev–Trinajstić information content (AvgIpc) is 3.58. The molecule has 6 heterocycles. The number of ether oxygens (including phenoxy) is 2. The number of carbonyl (C=O) groups is 4. The zero-order chi connectivity index (χ0) is 32.3. The van der Waals surface area contributed by atoms with Crippen molar-refractivity contribution in [2.75, 3.05) is 14.2 Å². The predicted molar refractivity (Wildman–Crippen MR) is 169 cm³/mol. The molecule has 2 aromatic heterocycles. The molecule has 10 nitrogen and oxygen atoms in total. The van der Waals surface area contributed by atoms with E-state index in [1.165, 1.54) is 19.8 Å². The zero-order valence-electron chi connectivity index (χ0n) is 26.8. The van der Waals surface area contributed by atoms with E-state index in [1.807, 2.05) is 24.8 Å². The molecule has 4 aliphatic rings. The van der Waals surface area contributed by atoms with Crippen molar-refractivity contribution in [1.29, 1.82) is 0 Å². The van der Waals surface area contributed by atoms with E-state index in [1.54, 1.807) is 0 Å². The second-order valence-corrected chi connectivity index (χ2v) is 12.1. The number of hydrogen-bond acceptors (Lipinski definition) is 6. The van der Waals surface area contributed by atoms with E-state index in [2.05, 4.69) is 47.5 Å². The third-order valence-corrected chi connectivity index (χ3v) is 9.83. The lowest BCUT2D eigenvalue weighted by molar-refractivity contribution is -0.141. The molecule has 0 saturated heterocycles. The SMILES string of the molecule is COC(=O)CCC1=C(C)C(/C=c2\[nH]c3c(c2C)CCn2c(c(C)c4c2C=C2C(C)=C(CCC(=O)OC)C(=O)N2C4C)C=3)=NC1=O. The molecule has 2 amide bonds. The van der Waals surface area contributed by atoms with Crippen molar-refractivity contribution >= 4 is 47.7 Å². The fourth-order valence-electron chi connectivity index (χ4n) is 7.22. The molecule has 0 spiro atoms. The van der Waals surface area contributed by atoms with E-state index < -0.39 is 0 Å². The number of aliphatic imine (C=N–C) groups is 1. The zero-order valence-corrected chi connectivity index (χ0v) is 26.8. The van der Waals surface area contributed by atoms with Gasteiger partial charge in [0.25, 0.3) is 11.8 Å². The van der Waals surface area contributed by atoms with Crippen molar-refractivity contribution in [3.8, 4) is 0 Å². The van der Waals surface area contributed by atoms with E-state index in [0.717, 1.165) is 68.6 Å². The third kappa shape index (κ3) is 4.83. The summed E-state index contributed by atoms with van der Waals surface area (Å²) in [5, 5.41) is 1.92. The molecular weight excluding hydrogens is 572 g/mol. The standard InChI is InChI=1S/C35H38N4O6/c1-17-22-12-13-38-28(15-27(22)36-25(17)14-26-18(2)23(34(42)37-26)8-10-31(40)44-6)20(4)33-21(5)39-29(16-30(33)38)19(3)24(35(39)43)9-11-32(41)45-7/h14-16,21,36H,8-13H2,1-7H3/b25-14-. The molecule has 0 bridgehead atoms. The molecule has 4 aliphatic heterocycles. The Morgan fingerprint density at radius 2 is 1.62 bits per heavy atom. The van der Waals surface area contributed by atoms with Gasteiger partial charge in [-0.25, -0.2) is 4.99 Å². The van der Waals surface area contributed by atoms with Crippen molar-refractivity contribution < 1.29 is 28.7 Å². The number of esters is 2. The molecule has 1 unspecified atom stereocenters. The Bertz CT molecular complexity index is 1960. The number of aromatic amines is 1. The third-order valence-electron chi connectivity index (χ3n) is 9.83. The van der Waals surface area contributed by atoms with Crippen molar-refractivity contribution in [1.82, 2.24) is 14.5 Å². The summed E-state index contributed by atoms with van der Waals surface area (Å²) in [6.45, 7) is 10.9. The van der Waals surface area contributed by atoms with E-state index in [-0.39, 0.29) is 42.6 Å². The molecule has 0 aromatic carbocycles. The molecule has 0 radical (unpaired) electrons. The number of fused-ring (bicyclic) bond motifs is 5. The van der Waals surface area contributed by atoms with Crippen LogP contribution in [0.4, 0.5) is 0 Å². The smallest absolute Gasteiger partial charge is 0.305 e. The highest BCUT2D eigenvalue weighted by atomic mass is 16.5. The van der Waals surface area contributed by atoms with Crippen LogP contribution in [0.5, 0.6) is 0 Å². The van der Waals surface area contributed by atoms with Gasteiger partial charge in [-0.1, -0.05) is 0 Å². The van der Waals surface area contributed by atoms with Gasteiger partial charge >= 0.3 is 11.9 Å². The molecule has 45 heavy (non-hydrogen) atoms. The molecule has 2 aromatic rings. The Morgan fingerprint density at radius 1 is 0.956 bits per heavy atom. The van der Waals surface area contributed by atoms with Crippen LogP contribution < -0.4 is 10.7 Å². The fraction of sp³-hybridized carbons (Fsp3) is 0.400. The van der Waals surface area contributed by atoms with E-state index in [0.29, 0.717) is 29.7 Å². The molecule has 0 saturated carbocycles. The van der Waals surface area contributed by atoms with Gasteiger partial charge in [0.05, 0.1) is 31.7 Å². The molecule has 234 valence electrons. The van der Waals surface area contributed by atoms with Crippen LogP contribution in [-0.2, 0) is 41.6 Å². The molecular formula is C35H38N4O6. The van der Waals surface area contributed by atoms with Gasteiger partial charge in [0, 0.05) is 58.2 Å². The van der Waals surface area contributed by atoms with Crippen LogP contribution in [0.25, 0.3) is 18.2 Å². The fourth-order valence-corrected chi connectivity index (χ4v) is 7.22. The maximum atomic E-state index is 13.6. The van der Waals surface area contributed by atoms with E-state index >= 15 is 0 Å². The van der Waals surface area contributed by atoms with Gasteiger partial charge in [0.2, 0.25) is 0 Å². The van der Waals surface area contributed by atoms with Crippen LogP contribution in [0.2, 0.25) is 0 Å². The van der Waals surface area contributed by atoms with Gasteiger partial charge < -0.3 is 23.9 Å². The van der Waals surface area contributed by atoms with Crippen LogP contribution in [0.3, 0.4) is 0 Å². The molecule has 1 atom stereocenters. The Kier molecular flexibility index (Phi) is 7.62. The van der Waals surface area contributed by atoms with Crippen LogP contribution in [-0.4, -0.2) is 58.1 Å². The predicted octanol–water partition coefficient (Wildman–Crippen LogP) is 3.38. The number of H-pyrrole nitrogens is 1. The largest absolute Gasteiger partial charge is 0.469 e. The number of rotatable bonds is 7. The summed E-state index contributed by atoms with van der Waals surface area (Å²) in [7, 11) is 2.70.